The van der Waals surface area contributed by atoms with Crippen LogP contribution in [0, 0.1) is 0 Å². The first kappa shape index (κ1) is 13.8. The predicted molar refractivity (Wildman–Crippen MR) is 77.7 cm³/mol. The molecule has 1 aliphatic rings. The molecule has 0 aliphatic heterocycles. The van der Waals surface area contributed by atoms with Crippen molar-refractivity contribution < 1.29 is 4.79 Å². The van der Waals surface area contributed by atoms with E-state index in [9.17, 15) is 4.79 Å². The summed E-state index contributed by atoms with van der Waals surface area (Å²) in [6.07, 6.45) is 7.44. The van der Waals surface area contributed by atoms with Crippen LogP contribution in [0.25, 0.3) is 0 Å². The Hall–Kier alpha value is -1.61. The molecular weight excluding hydrogens is 236 g/mol. The number of rotatable bonds is 5. The molecule has 0 radical (unpaired) electrons. The Labute approximate surface area is 115 Å². The Bertz CT molecular complexity index is 428. The minimum atomic E-state index is 0.124. The molecule has 0 spiro atoms. The number of nitrogens with one attached hydrogen (secondary N) is 1. The molecule has 1 amide bonds. The Kier molecular flexibility index (Phi) is 5.16. The van der Waals surface area contributed by atoms with Gasteiger partial charge in [-0.2, -0.15) is 0 Å². The number of likely N-dealkylation sites (N-methyl/N-ethyl adjacent to an activating group) is 1. The SMILES string of the molecule is CN(CC(=O)N[C@H]1CC=CCC1)Cc1ccccc1. The van der Waals surface area contributed by atoms with Gasteiger partial charge < -0.3 is 5.32 Å². The Morgan fingerprint density at radius 2 is 2.11 bits per heavy atom. The monoisotopic (exact) mass is 258 g/mol. The second-order valence-electron chi connectivity index (χ2n) is 5.21. The van der Waals surface area contributed by atoms with Gasteiger partial charge in [-0.05, 0) is 31.9 Å². The third-order valence-electron chi connectivity index (χ3n) is 3.34. The fraction of sp³-hybridized carbons (Fsp3) is 0.438. The van der Waals surface area contributed by atoms with Crippen molar-refractivity contribution in [3.8, 4) is 0 Å². The van der Waals surface area contributed by atoms with Crippen LogP contribution in [0.2, 0.25) is 0 Å². The summed E-state index contributed by atoms with van der Waals surface area (Å²) in [5.41, 5.74) is 1.23. The summed E-state index contributed by atoms with van der Waals surface area (Å²) in [4.78, 5) is 14.0. The fourth-order valence-electron chi connectivity index (χ4n) is 2.39. The number of carbonyl (C=O) groups is 1. The number of amides is 1. The first-order chi connectivity index (χ1) is 9.24. The van der Waals surface area contributed by atoms with Crippen molar-refractivity contribution in [1.82, 2.24) is 10.2 Å². The molecule has 1 aromatic rings. The molecule has 0 fully saturated rings. The first-order valence-electron chi connectivity index (χ1n) is 6.91. The zero-order chi connectivity index (χ0) is 13.5. The van der Waals surface area contributed by atoms with Crippen LogP contribution in [0.3, 0.4) is 0 Å². The van der Waals surface area contributed by atoms with Crippen LogP contribution in [-0.2, 0) is 11.3 Å². The maximum atomic E-state index is 11.9. The zero-order valence-corrected chi connectivity index (χ0v) is 11.5. The molecule has 3 nitrogen and oxygen atoms in total. The lowest BCUT2D eigenvalue weighted by Gasteiger charge is -2.22. The second-order valence-corrected chi connectivity index (χ2v) is 5.21. The highest BCUT2D eigenvalue weighted by Gasteiger charge is 2.14. The molecule has 1 atom stereocenters. The summed E-state index contributed by atoms with van der Waals surface area (Å²) in [6, 6.07) is 10.5. The summed E-state index contributed by atoms with van der Waals surface area (Å²) in [6.45, 7) is 1.26. The van der Waals surface area contributed by atoms with Crippen molar-refractivity contribution in [3.63, 3.8) is 0 Å². The van der Waals surface area contributed by atoms with Crippen LogP contribution in [-0.4, -0.2) is 30.4 Å². The molecular formula is C16H22N2O. The lowest BCUT2D eigenvalue weighted by atomic mass is 10.0. The third-order valence-corrected chi connectivity index (χ3v) is 3.34. The maximum absolute atomic E-state index is 11.9. The van der Waals surface area contributed by atoms with E-state index < -0.39 is 0 Å². The van der Waals surface area contributed by atoms with E-state index >= 15 is 0 Å². The van der Waals surface area contributed by atoms with Crippen LogP contribution in [0.1, 0.15) is 24.8 Å². The lowest BCUT2D eigenvalue weighted by molar-refractivity contribution is -0.122. The molecule has 1 aromatic carbocycles. The average molecular weight is 258 g/mol. The van der Waals surface area contributed by atoms with Crippen molar-refractivity contribution in [2.75, 3.05) is 13.6 Å². The Morgan fingerprint density at radius 1 is 1.32 bits per heavy atom. The van der Waals surface area contributed by atoms with Gasteiger partial charge in [0.25, 0.3) is 0 Å². The van der Waals surface area contributed by atoms with Gasteiger partial charge in [0.15, 0.2) is 0 Å². The Balaban J connectivity index is 1.74. The molecule has 2 rings (SSSR count). The molecule has 0 bridgehead atoms. The van der Waals surface area contributed by atoms with E-state index in [1.807, 2.05) is 30.1 Å². The summed E-state index contributed by atoms with van der Waals surface area (Å²) in [5.74, 6) is 0.124. The van der Waals surface area contributed by atoms with E-state index in [1.165, 1.54) is 5.56 Å². The molecule has 19 heavy (non-hydrogen) atoms. The second kappa shape index (κ2) is 7.10. The maximum Gasteiger partial charge on any atom is 0.234 e. The largest absolute Gasteiger partial charge is 0.352 e. The minimum Gasteiger partial charge on any atom is -0.352 e. The molecule has 0 saturated carbocycles. The van der Waals surface area contributed by atoms with Gasteiger partial charge in [0.1, 0.15) is 0 Å². The summed E-state index contributed by atoms with van der Waals surface area (Å²) >= 11 is 0. The van der Waals surface area contributed by atoms with E-state index in [4.69, 9.17) is 0 Å². The molecule has 0 heterocycles. The highest BCUT2D eigenvalue weighted by molar-refractivity contribution is 5.78. The quantitative estimate of drug-likeness (QED) is 0.822. The predicted octanol–water partition coefficient (Wildman–Crippen LogP) is 2.34. The topological polar surface area (TPSA) is 32.3 Å². The van der Waals surface area contributed by atoms with E-state index in [1.54, 1.807) is 0 Å². The highest BCUT2D eigenvalue weighted by atomic mass is 16.2. The molecule has 0 aromatic heterocycles. The van der Waals surface area contributed by atoms with Crippen LogP contribution in [0.15, 0.2) is 42.5 Å². The first-order valence-corrected chi connectivity index (χ1v) is 6.91. The third kappa shape index (κ3) is 4.87. The molecule has 0 unspecified atom stereocenters. The van der Waals surface area contributed by atoms with Crippen molar-refractivity contribution >= 4 is 5.91 Å². The number of carbonyl (C=O) groups excluding carboxylic acids is 1. The van der Waals surface area contributed by atoms with Gasteiger partial charge >= 0.3 is 0 Å². The van der Waals surface area contributed by atoms with Crippen molar-refractivity contribution in [2.45, 2.75) is 31.8 Å². The zero-order valence-electron chi connectivity index (χ0n) is 11.5. The summed E-state index contributed by atoms with van der Waals surface area (Å²) < 4.78 is 0. The van der Waals surface area contributed by atoms with Gasteiger partial charge in [0.2, 0.25) is 5.91 Å². The van der Waals surface area contributed by atoms with Crippen LogP contribution in [0.4, 0.5) is 0 Å². The normalized spacial score (nSPS) is 18.5. The van der Waals surface area contributed by atoms with Gasteiger partial charge in [-0.3, -0.25) is 9.69 Å². The van der Waals surface area contributed by atoms with Crippen LogP contribution >= 0.6 is 0 Å². The number of hydrogen-bond acceptors (Lipinski definition) is 2. The van der Waals surface area contributed by atoms with E-state index in [2.05, 4.69) is 29.6 Å². The van der Waals surface area contributed by atoms with Crippen molar-refractivity contribution in [1.29, 1.82) is 0 Å². The Morgan fingerprint density at radius 3 is 2.79 bits per heavy atom. The minimum absolute atomic E-state index is 0.124. The van der Waals surface area contributed by atoms with Gasteiger partial charge in [0.05, 0.1) is 6.54 Å². The van der Waals surface area contributed by atoms with Crippen LogP contribution in [0.5, 0.6) is 0 Å². The molecule has 1 N–H and O–H groups in total. The molecule has 102 valence electrons. The van der Waals surface area contributed by atoms with Gasteiger partial charge in [-0.25, -0.2) is 0 Å². The van der Waals surface area contributed by atoms with Gasteiger partial charge in [-0.1, -0.05) is 42.5 Å². The molecule has 0 saturated heterocycles. The lowest BCUT2D eigenvalue weighted by Crippen LogP contribution is -2.41. The molecule has 1 aliphatic carbocycles. The van der Waals surface area contributed by atoms with E-state index in [-0.39, 0.29) is 5.91 Å². The summed E-state index contributed by atoms with van der Waals surface area (Å²) in [7, 11) is 1.98. The van der Waals surface area contributed by atoms with E-state index in [0.717, 1.165) is 25.8 Å². The van der Waals surface area contributed by atoms with Crippen molar-refractivity contribution in [3.05, 3.63) is 48.0 Å². The number of allylic oxidation sites excluding steroid dienone is 1. The number of hydrogen-bond donors (Lipinski definition) is 1. The fourth-order valence-corrected chi connectivity index (χ4v) is 2.39. The summed E-state index contributed by atoms with van der Waals surface area (Å²) in [5, 5.41) is 3.10. The van der Waals surface area contributed by atoms with Crippen LogP contribution < -0.4 is 5.32 Å². The van der Waals surface area contributed by atoms with E-state index in [0.29, 0.717) is 12.6 Å². The average Bonchev–Trinajstić information content (AvgIpc) is 2.40. The smallest absolute Gasteiger partial charge is 0.234 e. The molecule has 3 heteroatoms. The van der Waals surface area contributed by atoms with Crippen molar-refractivity contribution in [2.24, 2.45) is 0 Å². The van der Waals surface area contributed by atoms with Gasteiger partial charge in [0, 0.05) is 12.6 Å². The van der Waals surface area contributed by atoms with Gasteiger partial charge in [-0.15, -0.1) is 0 Å². The highest BCUT2D eigenvalue weighted by Crippen LogP contribution is 2.10. The standard InChI is InChI=1S/C16H22N2O/c1-18(12-14-8-4-2-5-9-14)13-16(19)17-15-10-6-3-7-11-15/h2-6,8-9,15H,7,10-13H2,1H3,(H,17,19)/t15-/m0/s1. The number of nitrogens with zero attached hydrogens (tertiary/aromatic N) is 1. The number of benzene rings is 1.